The second-order valence-corrected chi connectivity index (χ2v) is 6.21. The summed E-state index contributed by atoms with van der Waals surface area (Å²) in [7, 11) is 0. The van der Waals surface area contributed by atoms with E-state index >= 15 is 0 Å². The molecule has 0 amide bonds. The fraction of sp³-hybridized carbons (Fsp3) is 0. The van der Waals surface area contributed by atoms with E-state index in [2.05, 4.69) is 59.3 Å². The topological polar surface area (TPSA) is 0 Å². The summed E-state index contributed by atoms with van der Waals surface area (Å²) in [6.45, 7) is 0. The zero-order chi connectivity index (χ0) is 11.9. The minimum absolute atomic E-state index is 1.35. The first-order valence-corrected chi connectivity index (χ1v) is 7.62. The molecule has 0 unspecified atom stereocenters. The highest BCUT2D eigenvalue weighted by atomic mass is 32.1. The molecule has 0 spiro atoms. The molecular weight excluding hydrogens is 256 g/mol. The summed E-state index contributed by atoms with van der Waals surface area (Å²) in [5.41, 5.74) is 2.93. The molecule has 0 bridgehead atoms. The van der Waals surface area contributed by atoms with Crippen LogP contribution in [0.1, 0.15) is 0 Å². The van der Waals surface area contributed by atoms with Crippen molar-refractivity contribution in [3.63, 3.8) is 0 Å². The summed E-state index contributed by atoms with van der Waals surface area (Å²) in [6, 6.07) is 17.2. The normalized spacial score (nSPS) is 11.3. The molecule has 2 aliphatic carbocycles. The van der Waals surface area contributed by atoms with Gasteiger partial charge in [0.05, 0.1) is 0 Å². The molecule has 5 rings (SSSR count). The van der Waals surface area contributed by atoms with Gasteiger partial charge in [-0.3, -0.25) is 0 Å². The molecule has 2 aromatic heterocycles. The van der Waals surface area contributed by atoms with Gasteiger partial charge in [0.1, 0.15) is 0 Å². The zero-order valence-corrected chi connectivity index (χ0v) is 11.2. The summed E-state index contributed by atoms with van der Waals surface area (Å²) < 4.78 is 2.82. The van der Waals surface area contributed by atoms with Crippen molar-refractivity contribution in [1.29, 1.82) is 0 Å². The van der Waals surface area contributed by atoms with Crippen molar-refractivity contribution in [3.8, 4) is 11.1 Å². The lowest BCUT2D eigenvalue weighted by Crippen LogP contribution is -1.56. The van der Waals surface area contributed by atoms with Crippen molar-refractivity contribution in [3.05, 3.63) is 59.3 Å². The van der Waals surface area contributed by atoms with Gasteiger partial charge in [-0.1, -0.05) is 18.2 Å². The number of hydrogen-bond acceptors (Lipinski definition) is 2. The van der Waals surface area contributed by atoms with Gasteiger partial charge in [-0.25, -0.2) is 0 Å². The number of rotatable bonds is 0. The minimum Gasteiger partial charge on any atom is -0.144 e. The summed E-state index contributed by atoms with van der Waals surface area (Å²) in [5, 5.41) is 7.07. The fourth-order valence-electron chi connectivity index (χ4n) is 2.17. The largest absolute Gasteiger partial charge is 0.144 e. The van der Waals surface area contributed by atoms with Crippen molar-refractivity contribution in [1.82, 2.24) is 0 Å². The maximum atomic E-state index is 2.26. The molecule has 0 saturated carbocycles. The molecule has 18 heavy (non-hydrogen) atoms. The highest BCUT2D eigenvalue weighted by Gasteiger charge is 2.17. The van der Waals surface area contributed by atoms with E-state index in [9.17, 15) is 0 Å². The van der Waals surface area contributed by atoms with E-state index in [1.807, 2.05) is 11.3 Å². The summed E-state index contributed by atoms with van der Waals surface area (Å²) in [6.07, 6.45) is 0. The van der Waals surface area contributed by atoms with Crippen LogP contribution in [0, 0.1) is 0 Å². The molecule has 86 valence electrons. The highest BCUT2D eigenvalue weighted by molar-refractivity contribution is 7.17. The molecule has 0 radical (unpaired) electrons. The van der Waals surface area contributed by atoms with Crippen molar-refractivity contribution in [2.45, 2.75) is 0 Å². The van der Waals surface area contributed by atoms with E-state index in [0.29, 0.717) is 0 Å². The van der Waals surface area contributed by atoms with Gasteiger partial charge in [0.2, 0.25) is 0 Å². The molecule has 3 aromatic rings. The van der Waals surface area contributed by atoms with Gasteiger partial charge < -0.3 is 0 Å². The maximum absolute atomic E-state index is 2.26. The van der Waals surface area contributed by atoms with Crippen molar-refractivity contribution < 1.29 is 0 Å². The number of hydrogen-bond donors (Lipinski definition) is 0. The van der Waals surface area contributed by atoms with Crippen LogP contribution in [0.3, 0.4) is 0 Å². The van der Waals surface area contributed by atoms with Crippen LogP contribution in [0.25, 0.3) is 31.3 Å². The van der Waals surface area contributed by atoms with Crippen molar-refractivity contribution in [2.75, 3.05) is 0 Å². The van der Waals surface area contributed by atoms with E-state index in [4.69, 9.17) is 0 Å². The lowest BCUT2D eigenvalue weighted by molar-refractivity contribution is 1.86. The molecule has 2 aliphatic rings. The summed E-state index contributed by atoms with van der Waals surface area (Å²) in [4.78, 5) is 0. The zero-order valence-electron chi connectivity index (χ0n) is 9.59. The Morgan fingerprint density at radius 3 is 2.44 bits per heavy atom. The van der Waals surface area contributed by atoms with Gasteiger partial charge in [0, 0.05) is 14.8 Å². The van der Waals surface area contributed by atoms with Gasteiger partial charge in [-0.15, -0.1) is 22.7 Å². The van der Waals surface area contributed by atoms with Crippen LogP contribution in [0.2, 0.25) is 0 Å². The van der Waals surface area contributed by atoms with Gasteiger partial charge in [-0.2, -0.15) is 0 Å². The quantitative estimate of drug-likeness (QED) is 0.333. The number of benzene rings is 2. The van der Waals surface area contributed by atoms with E-state index in [1.54, 1.807) is 11.3 Å². The molecule has 0 N–H and O–H groups in total. The maximum Gasteiger partial charge on any atom is 0.0355 e. The fourth-order valence-corrected chi connectivity index (χ4v) is 3.82. The van der Waals surface area contributed by atoms with E-state index < -0.39 is 0 Å². The summed E-state index contributed by atoms with van der Waals surface area (Å²) in [5.74, 6) is 0. The van der Waals surface area contributed by atoms with E-state index in [0.717, 1.165) is 0 Å². The highest BCUT2D eigenvalue weighted by Crippen LogP contribution is 2.44. The van der Waals surface area contributed by atoms with Crippen LogP contribution in [-0.4, -0.2) is 0 Å². The molecule has 1 aromatic carbocycles. The van der Waals surface area contributed by atoms with Crippen LogP contribution in [0.15, 0.2) is 59.3 Å². The average Bonchev–Trinajstić information content (AvgIpc) is 2.84. The number of fused-ring (bicyclic) bond motifs is 4. The van der Waals surface area contributed by atoms with Crippen molar-refractivity contribution in [2.24, 2.45) is 0 Å². The second kappa shape index (κ2) is 3.94. The predicted molar refractivity (Wildman–Crippen MR) is 82.6 cm³/mol. The first kappa shape index (κ1) is 10.3. The Balaban J connectivity index is 0.0000000980. The molecule has 0 aliphatic heterocycles. The lowest BCUT2D eigenvalue weighted by Gasteiger charge is -1.82. The SMILES string of the molecule is c1cc2c3cc-3cc2s1.c1ccc2sccc2c1. The second-order valence-electron chi connectivity index (χ2n) is 4.31. The summed E-state index contributed by atoms with van der Waals surface area (Å²) >= 11 is 3.62. The third kappa shape index (κ3) is 1.65. The molecule has 0 atom stereocenters. The smallest absolute Gasteiger partial charge is 0.0355 e. The van der Waals surface area contributed by atoms with Crippen LogP contribution < -0.4 is 0 Å². The Hall–Kier alpha value is -1.64. The molecule has 0 saturated heterocycles. The van der Waals surface area contributed by atoms with Gasteiger partial charge in [-0.05, 0) is 57.6 Å². The standard InChI is InChI=1S/C8H4S.C8H6S/c1-2-9-8-4-5-3-7(5)6(1)8;1-2-4-8-7(3-1)5-6-9-8/h1-4H;1-6H. The van der Waals surface area contributed by atoms with E-state index in [1.165, 1.54) is 31.3 Å². The van der Waals surface area contributed by atoms with Crippen LogP contribution >= 0.6 is 22.7 Å². The van der Waals surface area contributed by atoms with Crippen LogP contribution in [0.4, 0.5) is 0 Å². The Kier molecular flexibility index (Phi) is 2.25. The monoisotopic (exact) mass is 266 g/mol. The van der Waals surface area contributed by atoms with E-state index in [-0.39, 0.29) is 0 Å². The van der Waals surface area contributed by atoms with Gasteiger partial charge in [0.25, 0.3) is 0 Å². The molecule has 0 nitrogen and oxygen atoms in total. The van der Waals surface area contributed by atoms with Crippen LogP contribution in [0.5, 0.6) is 0 Å². The third-order valence-electron chi connectivity index (χ3n) is 3.16. The third-order valence-corrected chi connectivity index (χ3v) is 4.92. The van der Waals surface area contributed by atoms with Gasteiger partial charge in [0.15, 0.2) is 0 Å². The Morgan fingerprint density at radius 2 is 1.56 bits per heavy atom. The average molecular weight is 266 g/mol. The van der Waals surface area contributed by atoms with Crippen LogP contribution in [-0.2, 0) is 0 Å². The first-order valence-electron chi connectivity index (χ1n) is 5.86. The lowest BCUT2D eigenvalue weighted by atomic mass is 10.3. The molecule has 0 fully saturated rings. The first-order chi connectivity index (χ1) is 8.92. The Bertz CT molecular complexity index is 798. The Labute approximate surface area is 113 Å². The minimum atomic E-state index is 1.35. The molecule has 2 heteroatoms. The van der Waals surface area contributed by atoms with Gasteiger partial charge >= 0.3 is 0 Å². The number of thiophene rings is 2. The molecular formula is C16H10S2. The van der Waals surface area contributed by atoms with Crippen molar-refractivity contribution >= 4 is 42.8 Å². The molecule has 2 heterocycles. The Morgan fingerprint density at radius 1 is 0.722 bits per heavy atom. The predicted octanol–water partition coefficient (Wildman–Crippen LogP) is 5.78.